The van der Waals surface area contributed by atoms with E-state index in [1.54, 1.807) is 4.90 Å². The van der Waals surface area contributed by atoms with Crippen molar-refractivity contribution in [2.45, 2.75) is 13.8 Å². The van der Waals surface area contributed by atoms with Crippen LogP contribution in [-0.4, -0.2) is 42.9 Å². The topological polar surface area (TPSA) is 56.7 Å². The number of hydrogen-bond donors (Lipinski definition) is 2. The van der Waals surface area contributed by atoms with Crippen LogP contribution < -0.4 is 10.6 Å². The van der Waals surface area contributed by atoms with Crippen LogP contribution in [0.1, 0.15) is 19.4 Å². The van der Waals surface area contributed by atoms with E-state index in [1.807, 2.05) is 38.1 Å². The van der Waals surface area contributed by atoms with Crippen molar-refractivity contribution < 1.29 is 4.79 Å². The molecule has 0 saturated carbocycles. The molecule has 2 rings (SSSR count). The summed E-state index contributed by atoms with van der Waals surface area (Å²) in [6.45, 7) is 7.08. The van der Waals surface area contributed by atoms with E-state index in [4.69, 9.17) is 0 Å². The fourth-order valence-electron chi connectivity index (χ4n) is 2.02. The molecular weight excluding hydrogens is 240 g/mol. The van der Waals surface area contributed by atoms with Gasteiger partial charge in [0.15, 0.2) is 0 Å². The lowest BCUT2D eigenvalue weighted by Gasteiger charge is -2.19. The van der Waals surface area contributed by atoms with Crippen molar-refractivity contribution in [3.8, 4) is 0 Å². The van der Waals surface area contributed by atoms with E-state index in [0.29, 0.717) is 13.1 Å². The minimum absolute atomic E-state index is 0.0610. The average Bonchev–Trinajstić information content (AvgIpc) is 2.95. The van der Waals surface area contributed by atoms with Crippen molar-refractivity contribution in [2.24, 2.45) is 4.99 Å². The third-order valence-electron chi connectivity index (χ3n) is 3.13. The first-order valence-electron chi connectivity index (χ1n) is 6.69. The number of aliphatic imine (C=N–C) groups is 1. The van der Waals surface area contributed by atoms with Gasteiger partial charge in [0.05, 0.1) is 6.54 Å². The van der Waals surface area contributed by atoms with Crippen LogP contribution in [-0.2, 0) is 0 Å². The van der Waals surface area contributed by atoms with Gasteiger partial charge in [-0.2, -0.15) is 0 Å². The molecule has 0 aliphatic carbocycles. The van der Waals surface area contributed by atoms with Gasteiger partial charge in [0.1, 0.15) is 5.84 Å². The third-order valence-corrected chi connectivity index (χ3v) is 3.13. The second kappa shape index (κ2) is 6.22. The zero-order valence-corrected chi connectivity index (χ0v) is 11.4. The van der Waals surface area contributed by atoms with E-state index in [0.717, 1.165) is 30.2 Å². The number of nitrogens with zero attached hydrogens (tertiary/aromatic N) is 2. The van der Waals surface area contributed by atoms with Gasteiger partial charge >= 0.3 is 6.03 Å². The van der Waals surface area contributed by atoms with Crippen LogP contribution in [0.4, 0.5) is 10.5 Å². The summed E-state index contributed by atoms with van der Waals surface area (Å²) in [5.41, 5.74) is 1.86. The quantitative estimate of drug-likeness (QED) is 0.869. The summed E-state index contributed by atoms with van der Waals surface area (Å²) in [5, 5.41) is 6.11. The molecule has 0 fully saturated rings. The van der Waals surface area contributed by atoms with Crippen molar-refractivity contribution in [1.29, 1.82) is 0 Å². The fourth-order valence-corrected chi connectivity index (χ4v) is 2.02. The minimum atomic E-state index is -0.0610. The predicted molar refractivity (Wildman–Crippen MR) is 77.8 cm³/mol. The van der Waals surface area contributed by atoms with Gasteiger partial charge < -0.3 is 15.5 Å². The van der Waals surface area contributed by atoms with Gasteiger partial charge in [-0.3, -0.25) is 4.99 Å². The molecule has 5 nitrogen and oxygen atoms in total. The minimum Gasteiger partial charge on any atom is -0.368 e. The molecule has 0 saturated heterocycles. The molecule has 0 unspecified atom stereocenters. The number of carbonyl (C=O) groups excluding carboxylic acids is 1. The maximum atomic E-state index is 11.9. The molecule has 0 radical (unpaired) electrons. The SMILES string of the molecule is CCN(CC)C(=O)Nc1ccc(C2=NCCN2)cc1. The van der Waals surface area contributed by atoms with E-state index in [-0.39, 0.29) is 6.03 Å². The Bertz CT molecular complexity index is 463. The Balaban J connectivity index is 2.00. The highest BCUT2D eigenvalue weighted by Gasteiger charge is 2.10. The van der Waals surface area contributed by atoms with E-state index in [9.17, 15) is 4.79 Å². The van der Waals surface area contributed by atoms with Gasteiger partial charge in [-0.15, -0.1) is 0 Å². The summed E-state index contributed by atoms with van der Waals surface area (Å²) in [6, 6.07) is 7.68. The van der Waals surface area contributed by atoms with Crippen LogP contribution in [0.5, 0.6) is 0 Å². The highest BCUT2D eigenvalue weighted by Crippen LogP contribution is 2.11. The summed E-state index contributed by atoms with van der Waals surface area (Å²) in [7, 11) is 0. The van der Waals surface area contributed by atoms with Crippen molar-refractivity contribution in [3.05, 3.63) is 29.8 Å². The summed E-state index contributed by atoms with van der Waals surface area (Å²) in [6.07, 6.45) is 0. The lowest BCUT2D eigenvalue weighted by atomic mass is 10.2. The van der Waals surface area contributed by atoms with Crippen LogP contribution in [0.15, 0.2) is 29.3 Å². The number of benzene rings is 1. The van der Waals surface area contributed by atoms with E-state index < -0.39 is 0 Å². The smallest absolute Gasteiger partial charge is 0.321 e. The molecule has 0 atom stereocenters. The fraction of sp³-hybridized carbons (Fsp3) is 0.429. The highest BCUT2D eigenvalue weighted by molar-refractivity contribution is 6.00. The highest BCUT2D eigenvalue weighted by atomic mass is 16.2. The number of amides is 2. The number of rotatable bonds is 4. The van der Waals surface area contributed by atoms with Crippen molar-refractivity contribution in [1.82, 2.24) is 10.2 Å². The first-order valence-corrected chi connectivity index (χ1v) is 6.69. The Kier molecular flexibility index (Phi) is 4.39. The lowest BCUT2D eigenvalue weighted by Crippen LogP contribution is -2.34. The zero-order chi connectivity index (χ0) is 13.7. The van der Waals surface area contributed by atoms with E-state index in [2.05, 4.69) is 15.6 Å². The summed E-state index contributed by atoms with van der Waals surface area (Å²) in [4.78, 5) is 18.0. The van der Waals surface area contributed by atoms with Crippen LogP contribution in [0.25, 0.3) is 0 Å². The van der Waals surface area contributed by atoms with Gasteiger partial charge in [0.2, 0.25) is 0 Å². The molecule has 0 spiro atoms. The Labute approximate surface area is 113 Å². The number of hydrogen-bond acceptors (Lipinski definition) is 3. The number of anilines is 1. The zero-order valence-electron chi connectivity index (χ0n) is 11.4. The predicted octanol–water partition coefficient (Wildman–Crippen LogP) is 1.91. The van der Waals surface area contributed by atoms with Crippen LogP contribution in [0.2, 0.25) is 0 Å². The second-order valence-corrected chi connectivity index (χ2v) is 4.34. The van der Waals surface area contributed by atoms with Gasteiger partial charge in [-0.05, 0) is 38.1 Å². The Morgan fingerprint density at radius 1 is 1.32 bits per heavy atom. The molecule has 1 heterocycles. The molecule has 1 aliphatic rings. The number of amidine groups is 1. The summed E-state index contributed by atoms with van der Waals surface area (Å²) < 4.78 is 0. The van der Waals surface area contributed by atoms with Crippen molar-refractivity contribution in [3.63, 3.8) is 0 Å². The van der Waals surface area contributed by atoms with Gasteiger partial charge in [0.25, 0.3) is 0 Å². The molecule has 19 heavy (non-hydrogen) atoms. The standard InChI is InChI=1S/C14H20N4O/c1-3-18(4-2)14(19)17-12-7-5-11(6-8-12)13-15-9-10-16-13/h5-8H,3-4,9-10H2,1-2H3,(H,15,16)(H,17,19). The average molecular weight is 260 g/mol. The molecule has 102 valence electrons. The molecule has 2 amide bonds. The van der Waals surface area contributed by atoms with Gasteiger partial charge in [0, 0.05) is 30.9 Å². The maximum Gasteiger partial charge on any atom is 0.321 e. The molecule has 5 heteroatoms. The number of urea groups is 1. The van der Waals surface area contributed by atoms with Crippen molar-refractivity contribution in [2.75, 3.05) is 31.5 Å². The molecule has 1 aliphatic heterocycles. The van der Waals surface area contributed by atoms with Crippen molar-refractivity contribution >= 4 is 17.6 Å². The Hall–Kier alpha value is -2.04. The monoisotopic (exact) mass is 260 g/mol. The Morgan fingerprint density at radius 3 is 2.53 bits per heavy atom. The first kappa shape index (κ1) is 13.4. The summed E-state index contributed by atoms with van der Waals surface area (Å²) >= 11 is 0. The molecular formula is C14H20N4O. The summed E-state index contributed by atoms with van der Waals surface area (Å²) in [5.74, 6) is 0.932. The first-order chi connectivity index (χ1) is 9.24. The molecule has 1 aromatic carbocycles. The number of nitrogens with one attached hydrogen (secondary N) is 2. The normalized spacial score (nSPS) is 13.7. The lowest BCUT2D eigenvalue weighted by molar-refractivity contribution is 0.217. The molecule has 2 N–H and O–H groups in total. The number of carbonyl (C=O) groups is 1. The second-order valence-electron chi connectivity index (χ2n) is 4.34. The molecule has 0 aromatic heterocycles. The van der Waals surface area contributed by atoms with Gasteiger partial charge in [-0.1, -0.05) is 0 Å². The molecule has 1 aromatic rings. The Morgan fingerprint density at radius 2 is 2.00 bits per heavy atom. The van der Waals surface area contributed by atoms with Crippen LogP contribution in [0, 0.1) is 0 Å². The molecule has 0 bridgehead atoms. The maximum absolute atomic E-state index is 11.9. The van der Waals surface area contributed by atoms with E-state index >= 15 is 0 Å². The van der Waals surface area contributed by atoms with Crippen LogP contribution >= 0.6 is 0 Å². The largest absolute Gasteiger partial charge is 0.368 e. The van der Waals surface area contributed by atoms with Gasteiger partial charge in [-0.25, -0.2) is 4.79 Å². The van der Waals surface area contributed by atoms with E-state index in [1.165, 1.54) is 0 Å². The third kappa shape index (κ3) is 3.24. The van der Waals surface area contributed by atoms with Crippen LogP contribution in [0.3, 0.4) is 0 Å².